The molecule has 0 unspecified atom stereocenters. The molecule has 2 aromatic rings. The Labute approximate surface area is 161 Å². The third-order valence-corrected chi connectivity index (χ3v) is 4.67. The summed E-state index contributed by atoms with van der Waals surface area (Å²) in [5.74, 6) is -0.757. The second-order valence-electron chi connectivity index (χ2n) is 6.64. The van der Waals surface area contributed by atoms with Gasteiger partial charge in [-0.3, -0.25) is 19.5 Å². The van der Waals surface area contributed by atoms with Crippen molar-refractivity contribution in [3.63, 3.8) is 0 Å². The number of benzene rings is 1. The van der Waals surface area contributed by atoms with Crippen molar-refractivity contribution in [3.05, 3.63) is 39.9 Å². The van der Waals surface area contributed by atoms with Crippen LogP contribution in [0.5, 0.6) is 0 Å². The SMILES string of the molecule is CNC(=O)NC(=O)[C@H](C)OC(=O)c1ccc2c(=O)n3c(nc2c1)CCCCC3. The minimum absolute atomic E-state index is 0.111. The highest BCUT2D eigenvalue weighted by Crippen LogP contribution is 2.17. The maximum absolute atomic E-state index is 12.7. The summed E-state index contributed by atoms with van der Waals surface area (Å²) in [5.41, 5.74) is 0.493. The molecular weight excluding hydrogens is 364 g/mol. The fourth-order valence-corrected chi connectivity index (χ4v) is 3.10. The molecular formula is C19H22N4O5. The van der Waals surface area contributed by atoms with Crippen LogP contribution in [-0.4, -0.2) is 40.6 Å². The molecule has 1 aliphatic rings. The Morgan fingerprint density at radius 2 is 2.00 bits per heavy atom. The van der Waals surface area contributed by atoms with Gasteiger partial charge in [-0.2, -0.15) is 0 Å². The van der Waals surface area contributed by atoms with Crippen LogP contribution < -0.4 is 16.2 Å². The van der Waals surface area contributed by atoms with E-state index in [2.05, 4.69) is 10.3 Å². The summed E-state index contributed by atoms with van der Waals surface area (Å²) in [6, 6.07) is 3.83. The molecule has 1 atom stereocenters. The lowest BCUT2D eigenvalue weighted by atomic mass is 10.1. The number of aryl methyl sites for hydroxylation is 1. The summed E-state index contributed by atoms with van der Waals surface area (Å²) < 4.78 is 6.82. The number of hydrogen-bond donors (Lipinski definition) is 2. The average molecular weight is 386 g/mol. The van der Waals surface area contributed by atoms with Gasteiger partial charge in [0.25, 0.3) is 11.5 Å². The molecule has 1 aliphatic heterocycles. The highest BCUT2D eigenvalue weighted by Gasteiger charge is 2.21. The van der Waals surface area contributed by atoms with Crippen LogP contribution in [0.2, 0.25) is 0 Å². The van der Waals surface area contributed by atoms with E-state index in [-0.39, 0.29) is 11.1 Å². The quantitative estimate of drug-likeness (QED) is 0.763. The number of nitrogens with one attached hydrogen (secondary N) is 2. The van der Waals surface area contributed by atoms with Gasteiger partial charge in [0.15, 0.2) is 6.10 Å². The van der Waals surface area contributed by atoms with E-state index in [0.717, 1.165) is 31.5 Å². The van der Waals surface area contributed by atoms with E-state index in [1.165, 1.54) is 26.1 Å². The standard InChI is InChI=1S/C19H22N4O5/c1-11(16(24)22-19(27)20-2)28-18(26)12-7-8-13-14(10-12)21-15-6-4-3-5-9-23(15)17(13)25/h7-8,10-11H,3-6,9H2,1-2H3,(H2,20,22,24,27)/t11-/m0/s1. The van der Waals surface area contributed by atoms with Crippen LogP contribution in [-0.2, 0) is 22.5 Å². The highest BCUT2D eigenvalue weighted by atomic mass is 16.5. The van der Waals surface area contributed by atoms with Crippen LogP contribution in [0, 0.1) is 0 Å². The normalized spacial score (nSPS) is 14.5. The van der Waals surface area contributed by atoms with Gasteiger partial charge in [0.05, 0.1) is 16.5 Å². The predicted octanol–water partition coefficient (Wildman–Crippen LogP) is 1.12. The number of amides is 3. The van der Waals surface area contributed by atoms with E-state index in [0.29, 0.717) is 17.4 Å². The molecule has 148 valence electrons. The number of carbonyl (C=O) groups is 3. The summed E-state index contributed by atoms with van der Waals surface area (Å²) in [4.78, 5) is 52.7. The molecule has 0 fully saturated rings. The van der Waals surface area contributed by atoms with Gasteiger partial charge in [0.1, 0.15) is 5.82 Å². The molecule has 0 bridgehead atoms. The Morgan fingerprint density at radius 3 is 2.75 bits per heavy atom. The van der Waals surface area contributed by atoms with Gasteiger partial charge in [-0.1, -0.05) is 6.42 Å². The zero-order valence-corrected chi connectivity index (χ0v) is 15.8. The number of nitrogens with zero attached hydrogens (tertiary/aromatic N) is 2. The molecule has 2 heterocycles. The van der Waals surface area contributed by atoms with Gasteiger partial charge in [-0.05, 0) is 38.0 Å². The first-order valence-electron chi connectivity index (χ1n) is 9.17. The molecule has 0 saturated carbocycles. The minimum Gasteiger partial charge on any atom is -0.449 e. The summed E-state index contributed by atoms with van der Waals surface area (Å²) >= 11 is 0. The van der Waals surface area contributed by atoms with Crippen molar-refractivity contribution in [3.8, 4) is 0 Å². The van der Waals surface area contributed by atoms with Gasteiger partial charge in [-0.25, -0.2) is 14.6 Å². The Morgan fingerprint density at radius 1 is 1.21 bits per heavy atom. The lowest BCUT2D eigenvalue weighted by molar-refractivity contribution is -0.127. The first-order valence-corrected chi connectivity index (χ1v) is 9.17. The van der Waals surface area contributed by atoms with Crippen LogP contribution in [0.4, 0.5) is 4.79 Å². The summed E-state index contributed by atoms with van der Waals surface area (Å²) in [7, 11) is 1.37. The van der Waals surface area contributed by atoms with Crippen molar-refractivity contribution in [2.75, 3.05) is 7.05 Å². The molecule has 0 radical (unpaired) electrons. The fraction of sp³-hybridized carbons (Fsp3) is 0.421. The second-order valence-corrected chi connectivity index (χ2v) is 6.64. The third-order valence-electron chi connectivity index (χ3n) is 4.67. The summed E-state index contributed by atoms with van der Waals surface area (Å²) in [5, 5.41) is 4.72. The lowest BCUT2D eigenvalue weighted by Crippen LogP contribution is -2.43. The summed E-state index contributed by atoms with van der Waals surface area (Å²) in [6.45, 7) is 2.01. The third kappa shape index (κ3) is 4.03. The number of rotatable bonds is 3. The van der Waals surface area contributed by atoms with Crippen LogP contribution in [0.3, 0.4) is 0 Å². The van der Waals surface area contributed by atoms with E-state index in [9.17, 15) is 19.2 Å². The van der Waals surface area contributed by atoms with Crippen molar-refractivity contribution in [1.82, 2.24) is 20.2 Å². The highest BCUT2D eigenvalue weighted by molar-refractivity contribution is 5.99. The number of fused-ring (bicyclic) bond motifs is 2. The maximum Gasteiger partial charge on any atom is 0.338 e. The largest absolute Gasteiger partial charge is 0.449 e. The number of ether oxygens (including phenoxy) is 1. The van der Waals surface area contributed by atoms with Gasteiger partial charge in [0.2, 0.25) is 0 Å². The predicted molar refractivity (Wildman–Crippen MR) is 101 cm³/mol. The second kappa shape index (κ2) is 8.20. The van der Waals surface area contributed by atoms with Crippen LogP contribution in [0.1, 0.15) is 42.4 Å². The molecule has 0 aliphatic carbocycles. The molecule has 3 rings (SSSR count). The smallest absolute Gasteiger partial charge is 0.338 e. The van der Waals surface area contributed by atoms with Crippen molar-refractivity contribution >= 4 is 28.8 Å². The molecule has 0 saturated heterocycles. The number of imide groups is 1. The Kier molecular flexibility index (Phi) is 5.72. The van der Waals surface area contributed by atoms with Crippen molar-refractivity contribution in [2.45, 2.75) is 45.3 Å². The zero-order valence-electron chi connectivity index (χ0n) is 15.8. The fourth-order valence-electron chi connectivity index (χ4n) is 3.10. The van der Waals surface area contributed by atoms with Crippen molar-refractivity contribution in [1.29, 1.82) is 0 Å². The topological polar surface area (TPSA) is 119 Å². The molecule has 2 N–H and O–H groups in total. The van der Waals surface area contributed by atoms with E-state index in [1.54, 1.807) is 10.6 Å². The Hall–Kier alpha value is -3.23. The number of aromatic nitrogens is 2. The summed E-state index contributed by atoms with van der Waals surface area (Å²) in [6.07, 6.45) is 2.52. The number of urea groups is 1. The van der Waals surface area contributed by atoms with Gasteiger partial charge < -0.3 is 10.1 Å². The van der Waals surface area contributed by atoms with Gasteiger partial charge in [0, 0.05) is 20.0 Å². The average Bonchev–Trinajstić information content (AvgIpc) is 2.93. The maximum atomic E-state index is 12.7. The van der Waals surface area contributed by atoms with Crippen molar-refractivity contribution in [2.24, 2.45) is 0 Å². The monoisotopic (exact) mass is 386 g/mol. The van der Waals surface area contributed by atoms with E-state index < -0.39 is 24.0 Å². The van der Waals surface area contributed by atoms with Gasteiger partial charge >= 0.3 is 12.0 Å². The molecule has 1 aromatic heterocycles. The number of hydrogen-bond acceptors (Lipinski definition) is 6. The van der Waals surface area contributed by atoms with Crippen LogP contribution >= 0.6 is 0 Å². The molecule has 28 heavy (non-hydrogen) atoms. The van der Waals surface area contributed by atoms with E-state index in [1.807, 2.05) is 5.32 Å². The molecule has 0 spiro atoms. The lowest BCUT2D eigenvalue weighted by Gasteiger charge is -2.13. The Balaban J connectivity index is 1.83. The molecule has 9 nitrogen and oxygen atoms in total. The first kappa shape index (κ1) is 19.5. The first-order chi connectivity index (χ1) is 13.4. The van der Waals surface area contributed by atoms with Crippen molar-refractivity contribution < 1.29 is 19.1 Å². The van der Waals surface area contributed by atoms with Crippen LogP contribution in [0.15, 0.2) is 23.0 Å². The Bertz CT molecular complexity index is 998. The van der Waals surface area contributed by atoms with E-state index >= 15 is 0 Å². The van der Waals surface area contributed by atoms with E-state index in [4.69, 9.17) is 4.74 Å². The van der Waals surface area contributed by atoms with Crippen LogP contribution in [0.25, 0.3) is 10.9 Å². The molecule has 3 amide bonds. The number of esters is 1. The minimum atomic E-state index is -1.16. The number of carbonyl (C=O) groups excluding carboxylic acids is 3. The molecule has 1 aromatic carbocycles. The zero-order chi connectivity index (χ0) is 20.3. The van der Waals surface area contributed by atoms with Gasteiger partial charge in [-0.15, -0.1) is 0 Å². The molecule has 9 heteroatoms.